The van der Waals surface area contributed by atoms with Crippen LogP contribution in [0.3, 0.4) is 0 Å². The van der Waals surface area contributed by atoms with Crippen LogP contribution in [0.15, 0.2) is 35.3 Å². The SMILES string of the molecule is CN=C(N(C)CC1CCC(C)CC1)N1CCOCC1c1ccccc1. The number of ether oxygens (including phenoxy) is 1. The lowest BCUT2D eigenvalue weighted by atomic mass is 9.83. The van der Waals surface area contributed by atoms with E-state index >= 15 is 0 Å². The quantitative estimate of drug-likeness (QED) is 0.617. The van der Waals surface area contributed by atoms with E-state index < -0.39 is 0 Å². The van der Waals surface area contributed by atoms with Gasteiger partial charge in [0.1, 0.15) is 0 Å². The van der Waals surface area contributed by atoms with Gasteiger partial charge in [-0.25, -0.2) is 0 Å². The maximum absolute atomic E-state index is 5.79. The third-order valence-corrected chi connectivity index (χ3v) is 5.78. The van der Waals surface area contributed by atoms with Crippen molar-refractivity contribution in [3.8, 4) is 0 Å². The van der Waals surface area contributed by atoms with E-state index in [4.69, 9.17) is 4.74 Å². The molecule has 1 unspecified atom stereocenters. The lowest BCUT2D eigenvalue weighted by Crippen LogP contribution is -2.50. The average Bonchev–Trinajstić information content (AvgIpc) is 2.65. The second-order valence-electron chi connectivity index (χ2n) is 7.72. The Hall–Kier alpha value is -1.55. The van der Waals surface area contributed by atoms with E-state index in [-0.39, 0.29) is 6.04 Å². The van der Waals surface area contributed by atoms with Crippen molar-refractivity contribution in [1.29, 1.82) is 0 Å². The summed E-state index contributed by atoms with van der Waals surface area (Å²) in [5.41, 5.74) is 1.31. The predicted octanol–water partition coefficient (Wildman–Crippen LogP) is 3.80. The van der Waals surface area contributed by atoms with E-state index in [1.807, 2.05) is 7.05 Å². The van der Waals surface area contributed by atoms with Gasteiger partial charge < -0.3 is 14.5 Å². The highest BCUT2D eigenvalue weighted by Gasteiger charge is 2.30. The monoisotopic (exact) mass is 343 g/mol. The standard InChI is InChI=1S/C21H33N3O/c1-17-9-11-18(12-10-17)15-23(3)21(22-2)24-13-14-25-16-20(24)19-7-5-4-6-8-19/h4-8,17-18,20H,9-16H2,1-3H3. The fourth-order valence-electron chi connectivity index (χ4n) is 4.29. The molecule has 4 heteroatoms. The zero-order chi connectivity index (χ0) is 17.6. The molecule has 1 aliphatic carbocycles. The van der Waals surface area contributed by atoms with E-state index in [1.54, 1.807) is 0 Å². The Morgan fingerprint density at radius 3 is 2.60 bits per heavy atom. The number of aliphatic imine (C=N–C) groups is 1. The molecular weight excluding hydrogens is 310 g/mol. The molecule has 25 heavy (non-hydrogen) atoms. The van der Waals surface area contributed by atoms with Gasteiger partial charge in [-0.15, -0.1) is 0 Å². The van der Waals surface area contributed by atoms with Crippen molar-refractivity contribution in [2.45, 2.75) is 38.6 Å². The van der Waals surface area contributed by atoms with Crippen molar-refractivity contribution in [3.63, 3.8) is 0 Å². The Balaban J connectivity index is 1.69. The van der Waals surface area contributed by atoms with Crippen LogP contribution in [-0.2, 0) is 4.74 Å². The Labute approximate surface area is 152 Å². The van der Waals surface area contributed by atoms with Gasteiger partial charge in [0.25, 0.3) is 0 Å². The normalized spacial score (nSPS) is 28.0. The molecule has 1 atom stereocenters. The molecule has 0 spiro atoms. The summed E-state index contributed by atoms with van der Waals surface area (Å²) in [5.74, 6) is 2.81. The molecular formula is C21H33N3O. The lowest BCUT2D eigenvalue weighted by Gasteiger charge is -2.42. The Bertz CT molecular complexity index is 552. The van der Waals surface area contributed by atoms with Gasteiger partial charge >= 0.3 is 0 Å². The average molecular weight is 344 g/mol. The molecule has 1 saturated carbocycles. The summed E-state index contributed by atoms with van der Waals surface area (Å²) in [6, 6.07) is 10.9. The molecule has 3 rings (SSSR count). The fourth-order valence-corrected chi connectivity index (χ4v) is 4.29. The van der Waals surface area contributed by atoms with Crippen molar-refractivity contribution in [2.75, 3.05) is 40.4 Å². The maximum Gasteiger partial charge on any atom is 0.196 e. The van der Waals surface area contributed by atoms with Crippen molar-refractivity contribution in [2.24, 2.45) is 16.8 Å². The molecule has 1 heterocycles. The van der Waals surface area contributed by atoms with E-state index in [0.717, 1.165) is 44.1 Å². The van der Waals surface area contributed by atoms with Crippen molar-refractivity contribution in [3.05, 3.63) is 35.9 Å². The van der Waals surface area contributed by atoms with Crippen molar-refractivity contribution >= 4 is 5.96 Å². The highest BCUT2D eigenvalue weighted by atomic mass is 16.5. The van der Waals surface area contributed by atoms with Crippen molar-refractivity contribution < 1.29 is 4.74 Å². The Morgan fingerprint density at radius 1 is 1.20 bits per heavy atom. The molecule has 1 saturated heterocycles. The highest BCUT2D eigenvalue weighted by molar-refractivity contribution is 5.80. The smallest absolute Gasteiger partial charge is 0.196 e. The molecule has 0 aromatic heterocycles. The molecule has 1 aromatic carbocycles. The van der Waals surface area contributed by atoms with E-state index in [1.165, 1.54) is 31.2 Å². The molecule has 0 radical (unpaired) electrons. The zero-order valence-electron chi connectivity index (χ0n) is 16.0. The molecule has 1 aromatic rings. The van der Waals surface area contributed by atoms with Gasteiger partial charge in [-0.3, -0.25) is 4.99 Å². The number of nitrogens with zero attached hydrogens (tertiary/aromatic N) is 3. The first-order valence-electron chi connectivity index (χ1n) is 9.76. The van der Waals surface area contributed by atoms with Crippen molar-refractivity contribution in [1.82, 2.24) is 9.80 Å². The third kappa shape index (κ3) is 4.55. The summed E-state index contributed by atoms with van der Waals surface area (Å²) in [5, 5.41) is 0. The van der Waals surface area contributed by atoms with Crippen LogP contribution in [-0.4, -0.2) is 56.2 Å². The van der Waals surface area contributed by atoms with Crippen LogP contribution in [0.1, 0.15) is 44.2 Å². The minimum atomic E-state index is 0.252. The van der Waals surface area contributed by atoms with Gasteiger partial charge in [-0.05, 0) is 30.2 Å². The molecule has 0 bridgehead atoms. The van der Waals surface area contributed by atoms with Gasteiger partial charge in [-0.1, -0.05) is 50.1 Å². The molecule has 1 aliphatic heterocycles. The molecule has 2 aliphatic rings. The fraction of sp³-hybridized carbons (Fsp3) is 0.667. The largest absolute Gasteiger partial charge is 0.377 e. The number of hydrogen-bond acceptors (Lipinski definition) is 2. The van der Waals surface area contributed by atoms with Crippen LogP contribution in [0.2, 0.25) is 0 Å². The lowest BCUT2D eigenvalue weighted by molar-refractivity contribution is 0.0198. The Morgan fingerprint density at radius 2 is 1.92 bits per heavy atom. The van der Waals surface area contributed by atoms with Crippen LogP contribution in [0.25, 0.3) is 0 Å². The maximum atomic E-state index is 5.79. The van der Waals surface area contributed by atoms with Crippen LogP contribution in [0, 0.1) is 11.8 Å². The van der Waals surface area contributed by atoms with Crippen LogP contribution in [0.4, 0.5) is 0 Å². The van der Waals surface area contributed by atoms with Crippen LogP contribution < -0.4 is 0 Å². The molecule has 4 nitrogen and oxygen atoms in total. The number of rotatable bonds is 3. The topological polar surface area (TPSA) is 28.1 Å². The van der Waals surface area contributed by atoms with Gasteiger partial charge in [0.15, 0.2) is 5.96 Å². The molecule has 0 N–H and O–H groups in total. The number of guanidine groups is 1. The minimum absolute atomic E-state index is 0.252. The number of benzene rings is 1. The van der Waals surface area contributed by atoms with E-state index in [0.29, 0.717) is 0 Å². The highest BCUT2D eigenvalue weighted by Crippen LogP contribution is 2.30. The van der Waals surface area contributed by atoms with E-state index in [2.05, 4.69) is 59.1 Å². The number of hydrogen-bond donors (Lipinski definition) is 0. The summed E-state index contributed by atoms with van der Waals surface area (Å²) < 4.78 is 5.79. The predicted molar refractivity (Wildman–Crippen MR) is 104 cm³/mol. The first-order chi connectivity index (χ1) is 12.2. The zero-order valence-corrected chi connectivity index (χ0v) is 16.0. The summed E-state index contributed by atoms with van der Waals surface area (Å²) in [7, 11) is 4.13. The summed E-state index contributed by atoms with van der Waals surface area (Å²) in [6.45, 7) is 5.91. The molecule has 0 amide bonds. The third-order valence-electron chi connectivity index (χ3n) is 5.78. The van der Waals surface area contributed by atoms with Crippen LogP contribution in [0.5, 0.6) is 0 Å². The second kappa shape index (κ2) is 8.70. The molecule has 2 fully saturated rings. The second-order valence-corrected chi connectivity index (χ2v) is 7.72. The van der Waals surface area contributed by atoms with Crippen LogP contribution >= 0.6 is 0 Å². The van der Waals surface area contributed by atoms with Gasteiger partial charge in [0, 0.05) is 27.2 Å². The Kier molecular flexibility index (Phi) is 6.35. The summed E-state index contributed by atoms with van der Waals surface area (Å²) in [4.78, 5) is 9.49. The summed E-state index contributed by atoms with van der Waals surface area (Å²) in [6.07, 6.45) is 5.46. The number of morpholine rings is 1. The van der Waals surface area contributed by atoms with Gasteiger partial charge in [-0.2, -0.15) is 0 Å². The minimum Gasteiger partial charge on any atom is -0.377 e. The first kappa shape index (κ1) is 18.2. The first-order valence-corrected chi connectivity index (χ1v) is 9.76. The van der Waals surface area contributed by atoms with Gasteiger partial charge in [0.2, 0.25) is 0 Å². The summed E-state index contributed by atoms with van der Waals surface area (Å²) >= 11 is 0. The van der Waals surface area contributed by atoms with Gasteiger partial charge in [0.05, 0.1) is 19.3 Å². The molecule has 138 valence electrons. The van der Waals surface area contributed by atoms with E-state index in [9.17, 15) is 0 Å².